The zero-order valence-corrected chi connectivity index (χ0v) is 23.1. The molecule has 9 nitrogen and oxygen atoms in total. The number of para-hydroxylation sites is 1. The Morgan fingerprint density at radius 3 is 2.46 bits per heavy atom. The van der Waals surface area contributed by atoms with Gasteiger partial charge in [0, 0.05) is 29.4 Å². The van der Waals surface area contributed by atoms with Crippen LogP contribution in [0.25, 0.3) is 0 Å². The number of carbonyl (C=O) groups excluding carboxylic acids is 3. The third kappa shape index (κ3) is 4.38. The molecule has 2 fully saturated rings. The van der Waals surface area contributed by atoms with E-state index < -0.39 is 17.1 Å². The Balaban J connectivity index is 1.46. The van der Waals surface area contributed by atoms with Gasteiger partial charge in [-0.2, -0.15) is 0 Å². The largest absolute Gasteiger partial charge is 0.496 e. The first-order chi connectivity index (χ1) is 18.9. The number of carbonyl (C=O) groups is 3. The molecule has 3 aliphatic rings. The molecule has 3 aliphatic heterocycles. The fourth-order valence-corrected chi connectivity index (χ4v) is 8.27. The van der Waals surface area contributed by atoms with Gasteiger partial charge in [-0.3, -0.25) is 23.7 Å². The standard InChI is InChI=1S/C28H27N3O6S2/c1-16-7-9-17(10-8-16)31-25(33)22-21(18-5-3-4-6-19(18)36-2)24-27(38-23(22)26(31)34)30(28(35)39-24)15-20(32)29-11-13-37-14-12-29/h3-10,21-23H,11-15H2,1-2H3/t21-,22?,23?/m1/s1. The number of amides is 3. The van der Waals surface area contributed by atoms with Crippen LogP contribution in [0.4, 0.5) is 5.69 Å². The van der Waals surface area contributed by atoms with Crippen LogP contribution in [0, 0.1) is 12.8 Å². The summed E-state index contributed by atoms with van der Waals surface area (Å²) in [7, 11) is 1.56. The maximum Gasteiger partial charge on any atom is 0.308 e. The Kier molecular flexibility index (Phi) is 6.82. The predicted molar refractivity (Wildman–Crippen MR) is 148 cm³/mol. The van der Waals surface area contributed by atoms with Gasteiger partial charge >= 0.3 is 4.87 Å². The SMILES string of the molecule is COc1ccccc1[C@H]1c2sc(=O)n(CC(=O)N3CCOCC3)c2SC2C(=O)N(c3ccc(C)cc3)C(=O)C21. The van der Waals surface area contributed by atoms with Gasteiger partial charge in [-0.05, 0) is 25.1 Å². The molecule has 3 atom stereocenters. The number of rotatable bonds is 5. The molecule has 2 aromatic carbocycles. The molecular formula is C28H27N3O6S2. The first kappa shape index (κ1) is 25.8. The molecule has 6 rings (SSSR count). The second-order valence-corrected chi connectivity index (χ2v) is 11.9. The fourth-order valence-electron chi connectivity index (χ4n) is 5.51. The Hall–Kier alpha value is -3.41. The van der Waals surface area contributed by atoms with Gasteiger partial charge in [0.15, 0.2) is 0 Å². The number of morpholine rings is 1. The normalized spacial score (nSPS) is 22.6. The molecule has 0 bridgehead atoms. The highest BCUT2D eigenvalue weighted by Crippen LogP contribution is 2.55. The van der Waals surface area contributed by atoms with Gasteiger partial charge in [-0.1, -0.05) is 59.0 Å². The Morgan fingerprint density at radius 1 is 1.03 bits per heavy atom. The first-order valence-corrected chi connectivity index (χ1v) is 14.4. The van der Waals surface area contributed by atoms with Crippen molar-refractivity contribution < 1.29 is 23.9 Å². The smallest absolute Gasteiger partial charge is 0.308 e. The summed E-state index contributed by atoms with van der Waals surface area (Å²) in [5, 5.41) is -0.185. The lowest BCUT2D eigenvalue weighted by molar-refractivity contribution is -0.136. The average Bonchev–Trinajstić information content (AvgIpc) is 3.40. The van der Waals surface area contributed by atoms with E-state index >= 15 is 0 Å². The lowest BCUT2D eigenvalue weighted by Gasteiger charge is -2.32. The number of thioether (sulfide) groups is 1. The zero-order chi connectivity index (χ0) is 27.3. The minimum atomic E-state index is -0.750. The number of hydrogen-bond acceptors (Lipinski definition) is 8. The van der Waals surface area contributed by atoms with Crippen molar-refractivity contribution in [1.29, 1.82) is 0 Å². The molecule has 0 radical (unpaired) electrons. The highest BCUT2D eigenvalue weighted by atomic mass is 32.2. The van der Waals surface area contributed by atoms with Crippen LogP contribution in [-0.4, -0.2) is 65.9 Å². The molecule has 11 heteroatoms. The van der Waals surface area contributed by atoms with Crippen molar-refractivity contribution in [3.05, 3.63) is 74.2 Å². The number of imide groups is 1. The molecule has 0 spiro atoms. The van der Waals surface area contributed by atoms with Gasteiger partial charge in [-0.25, -0.2) is 4.90 Å². The molecule has 0 saturated carbocycles. The lowest BCUT2D eigenvalue weighted by Crippen LogP contribution is -2.43. The number of ether oxygens (including phenoxy) is 2. The molecule has 2 unspecified atom stereocenters. The molecule has 3 aromatic rings. The molecule has 1 aromatic heterocycles. The van der Waals surface area contributed by atoms with Gasteiger partial charge in [0.1, 0.15) is 17.5 Å². The molecule has 0 aliphatic carbocycles. The van der Waals surface area contributed by atoms with Crippen LogP contribution < -0.4 is 14.5 Å². The van der Waals surface area contributed by atoms with E-state index in [9.17, 15) is 19.2 Å². The number of aryl methyl sites for hydroxylation is 1. The van der Waals surface area contributed by atoms with Crippen LogP contribution in [0.15, 0.2) is 58.4 Å². The second kappa shape index (κ2) is 10.3. The van der Waals surface area contributed by atoms with Crippen LogP contribution in [0.2, 0.25) is 0 Å². The molecule has 202 valence electrons. The van der Waals surface area contributed by atoms with E-state index in [1.807, 2.05) is 43.3 Å². The van der Waals surface area contributed by atoms with Crippen molar-refractivity contribution in [2.24, 2.45) is 5.92 Å². The van der Waals surface area contributed by atoms with Crippen LogP contribution in [0.5, 0.6) is 5.75 Å². The Bertz CT molecular complexity index is 1510. The number of nitrogens with zero attached hydrogens (tertiary/aromatic N) is 3. The number of methoxy groups -OCH3 is 1. The predicted octanol–water partition coefficient (Wildman–Crippen LogP) is 2.88. The van der Waals surface area contributed by atoms with Gasteiger partial charge in [-0.15, -0.1) is 0 Å². The minimum Gasteiger partial charge on any atom is -0.496 e. The summed E-state index contributed by atoms with van der Waals surface area (Å²) >= 11 is 2.25. The molecule has 39 heavy (non-hydrogen) atoms. The minimum absolute atomic E-state index is 0.127. The molecule has 3 amide bonds. The summed E-state index contributed by atoms with van der Waals surface area (Å²) in [6.45, 7) is 3.68. The zero-order valence-electron chi connectivity index (χ0n) is 21.5. The highest BCUT2D eigenvalue weighted by molar-refractivity contribution is 8.00. The van der Waals surface area contributed by atoms with Crippen molar-refractivity contribution in [3.8, 4) is 5.75 Å². The molecular weight excluding hydrogens is 538 g/mol. The number of fused-ring (bicyclic) bond motifs is 2. The quantitative estimate of drug-likeness (QED) is 0.439. The van der Waals surface area contributed by atoms with Gasteiger partial charge in [0.2, 0.25) is 17.7 Å². The topological polar surface area (TPSA) is 98.2 Å². The number of anilines is 1. The maximum absolute atomic E-state index is 14.0. The number of aromatic nitrogens is 1. The van der Waals surface area contributed by atoms with Crippen molar-refractivity contribution >= 4 is 46.5 Å². The van der Waals surface area contributed by atoms with Crippen LogP contribution in [0.3, 0.4) is 0 Å². The van der Waals surface area contributed by atoms with E-state index in [0.717, 1.165) is 22.5 Å². The molecule has 4 heterocycles. The summed E-state index contributed by atoms with van der Waals surface area (Å²) in [6.07, 6.45) is 0. The van der Waals surface area contributed by atoms with E-state index in [1.165, 1.54) is 21.2 Å². The fraction of sp³-hybridized carbons (Fsp3) is 0.357. The van der Waals surface area contributed by atoms with Crippen LogP contribution in [-0.2, 0) is 25.7 Å². The summed E-state index contributed by atoms with van der Waals surface area (Å²) < 4.78 is 12.5. The monoisotopic (exact) mass is 565 g/mol. The van der Waals surface area contributed by atoms with Crippen molar-refractivity contribution in [2.45, 2.75) is 29.7 Å². The second-order valence-electron chi connectivity index (χ2n) is 9.75. The van der Waals surface area contributed by atoms with Crippen molar-refractivity contribution in [1.82, 2.24) is 9.47 Å². The van der Waals surface area contributed by atoms with E-state index in [4.69, 9.17) is 9.47 Å². The molecule has 2 saturated heterocycles. The van der Waals surface area contributed by atoms with Crippen molar-refractivity contribution in [3.63, 3.8) is 0 Å². The van der Waals surface area contributed by atoms with Gasteiger partial charge in [0.25, 0.3) is 0 Å². The summed E-state index contributed by atoms with van der Waals surface area (Å²) in [4.78, 5) is 57.6. The summed E-state index contributed by atoms with van der Waals surface area (Å²) in [5.74, 6) is -1.54. The first-order valence-electron chi connectivity index (χ1n) is 12.7. The van der Waals surface area contributed by atoms with Gasteiger partial charge in [0.05, 0.1) is 37.0 Å². The highest BCUT2D eigenvalue weighted by Gasteiger charge is 2.57. The third-order valence-corrected chi connectivity index (χ3v) is 10.1. The van der Waals surface area contributed by atoms with Crippen LogP contribution in [0.1, 0.15) is 21.9 Å². The molecule has 0 N–H and O–H groups in total. The lowest BCUT2D eigenvalue weighted by atomic mass is 9.82. The van der Waals surface area contributed by atoms with E-state index in [-0.39, 0.29) is 29.1 Å². The number of hydrogen-bond donors (Lipinski definition) is 0. The van der Waals surface area contributed by atoms with E-state index in [0.29, 0.717) is 47.6 Å². The third-order valence-electron chi connectivity index (χ3n) is 7.47. The number of thiazole rings is 1. The summed E-state index contributed by atoms with van der Waals surface area (Å²) in [5.41, 5.74) is 2.27. The van der Waals surface area contributed by atoms with Crippen LogP contribution >= 0.6 is 23.1 Å². The maximum atomic E-state index is 14.0. The Labute approximate surface area is 233 Å². The van der Waals surface area contributed by atoms with E-state index in [1.54, 1.807) is 24.1 Å². The summed E-state index contributed by atoms with van der Waals surface area (Å²) in [6, 6.07) is 14.7. The number of benzene rings is 2. The van der Waals surface area contributed by atoms with Gasteiger partial charge < -0.3 is 14.4 Å². The average molecular weight is 566 g/mol. The van der Waals surface area contributed by atoms with Crippen molar-refractivity contribution in [2.75, 3.05) is 38.3 Å². The Morgan fingerprint density at radius 2 is 1.74 bits per heavy atom. The van der Waals surface area contributed by atoms with E-state index in [2.05, 4.69) is 0 Å².